The van der Waals surface area contributed by atoms with E-state index in [1.54, 1.807) is 40.7 Å². The molecule has 5 nitrogen and oxygen atoms in total. The first-order valence-corrected chi connectivity index (χ1v) is 11.0. The van der Waals surface area contributed by atoms with Crippen molar-refractivity contribution in [3.8, 4) is 0 Å². The van der Waals surface area contributed by atoms with E-state index in [1.165, 1.54) is 6.07 Å². The first kappa shape index (κ1) is 20.0. The number of rotatable bonds is 5. The molecule has 1 atom stereocenters. The molecule has 0 radical (unpaired) electrons. The minimum absolute atomic E-state index is 0.0208. The normalized spacial score (nSPS) is 15.9. The zero-order valence-electron chi connectivity index (χ0n) is 16.6. The maximum atomic E-state index is 13.9. The standard InChI is InChI=1S/C23H20F2N4OS/c24-18-3-1-2-15(21(18)25)11-27-16-4-5-17-19(10-16)31-22-20(17)23(30)29(13-28-22)12-14-6-8-26-9-7-14/h1-3,6-9,13,16,27H,4-5,10-12H2/t16-/m1/s1. The van der Waals surface area contributed by atoms with Gasteiger partial charge < -0.3 is 5.32 Å². The van der Waals surface area contributed by atoms with E-state index in [9.17, 15) is 13.6 Å². The Hall–Kier alpha value is -2.97. The summed E-state index contributed by atoms with van der Waals surface area (Å²) in [4.78, 5) is 23.6. The van der Waals surface area contributed by atoms with Crippen LogP contribution < -0.4 is 10.9 Å². The molecule has 3 aromatic heterocycles. The Labute approximate surface area is 181 Å². The monoisotopic (exact) mass is 438 g/mol. The third kappa shape index (κ3) is 3.88. The Morgan fingerprint density at radius 2 is 2.03 bits per heavy atom. The fourth-order valence-electron chi connectivity index (χ4n) is 4.11. The van der Waals surface area contributed by atoms with Gasteiger partial charge >= 0.3 is 0 Å². The average Bonchev–Trinajstić information content (AvgIpc) is 3.16. The van der Waals surface area contributed by atoms with Crippen LogP contribution in [0.2, 0.25) is 0 Å². The highest BCUT2D eigenvalue weighted by molar-refractivity contribution is 7.18. The summed E-state index contributed by atoms with van der Waals surface area (Å²) < 4.78 is 29.0. The second-order valence-corrected chi connectivity index (χ2v) is 8.83. The summed E-state index contributed by atoms with van der Waals surface area (Å²) in [5.74, 6) is -1.63. The molecule has 3 heterocycles. The van der Waals surface area contributed by atoms with E-state index in [0.717, 1.165) is 46.2 Å². The second-order valence-electron chi connectivity index (χ2n) is 7.75. The molecule has 0 spiro atoms. The molecule has 8 heteroatoms. The number of aryl methyl sites for hydroxylation is 1. The zero-order valence-corrected chi connectivity index (χ0v) is 17.5. The van der Waals surface area contributed by atoms with Crippen LogP contribution in [0, 0.1) is 11.6 Å². The van der Waals surface area contributed by atoms with Gasteiger partial charge in [-0.15, -0.1) is 11.3 Å². The molecule has 0 unspecified atom stereocenters. The molecule has 0 fully saturated rings. The van der Waals surface area contributed by atoms with Gasteiger partial charge in [0.25, 0.3) is 5.56 Å². The van der Waals surface area contributed by atoms with Crippen LogP contribution in [0.25, 0.3) is 10.2 Å². The maximum Gasteiger partial charge on any atom is 0.262 e. The van der Waals surface area contributed by atoms with Gasteiger partial charge in [0, 0.05) is 35.4 Å². The van der Waals surface area contributed by atoms with Crippen molar-refractivity contribution in [2.75, 3.05) is 0 Å². The number of fused-ring (bicyclic) bond motifs is 3. The quantitative estimate of drug-likeness (QED) is 0.515. The highest BCUT2D eigenvalue weighted by Crippen LogP contribution is 2.33. The molecule has 31 heavy (non-hydrogen) atoms. The molecule has 0 bridgehead atoms. The largest absolute Gasteiger partial charge is 0.309 e. The first-order chi connectivity index (χ1) is 15.1. The zero-order chi connectivity index (χ0) is 21.4. The Kier molecular flexibility index (Phi) is 5.33. The SMILES string of the molecule is O=c1c2c3c(sc2ncn1Cc1ccncc1)C[C@H](NCc1cccc(F)c1F)CC3. The number of halogens is 2. The third-order valence-corrected chi connectivity index (χ3v) is 6.91. The first-order valence-electron chi connectivity index (χ1n) is 10.1. The van der Waals surface area contributed by atoms with E-state index >= 15 is 0 Å². The summed E-state index contributed by atoms with van der Waals surface area (Å²) in [5.41, 5.74) is 2.38. The van der Waals surface area contributed by atoms with Crippen LogP contribution in [0.5, 0.6) is 0 Å². The minimum Gasteiger partial charge on any atom is -0.309 e. The van der Waals surface area contributed by atoms with Crippen molar-refractivity contribution in [1.29, 1.82) is 0 Å². The van der Waals surface area contributed by atoms with E-state index in [0.29, 0.717) is 17.5 Å². The van der Waals surface area contributed by atoms with Crippen molar-refractivity contribution >= 4 is 21.6 Å². The summed E-state index contributed by atoms with van der Waals surface area (Å²) in [5, 5.41) is 4.05. The van der Waals surface area contributed by atoms with Crippen molar-refractivity contribution < 1.29 is 8.78 Å². The number of nitrogens with zero attached hydrogens (tertiary/aromatic N) is 3. The number of pyridine rings is 1. The highest BCUT2D eigenvalue weighted by Gasteiger charge is 2.25. The molecule has 1 N–H and O–H groups in total. The van der Waals surface area contributed by atoms with Gasteiger partial charge in [-0.3, -0.25) is 14.3 Å². The van der Waals surface area contributed by atoms with Gasteiger partial charge in [0.05, 0.1) is 18.3 Å². The number of benzene rings is 1. The van der Waals surface area contributed by atoms with Gasteiger partial charge in [0.15, 0.2) is 11.6 Å². The lowest BCUT2D eigenvalue weighted by Crippen LogP contribution is -2.34. The summed E-state index contributed by atoms with van der Waals surface area (Å²) in [6.45, 7) is 0.726. The van der Waals surface area contributed by atoms with E-state index in [1.807, 2.05) is 12.1 Å². The molecule has 0 saturated heterocycles. The minimum atomic E-state index is -0.830. The lowest BCUT2D eigenvalue weighted by Gasteiger charge is -2.23. The summed E-state index contributed by atoms with van der Waals surface area (Å²) in [6, 6.07) is 8.14. The Bertz CT molecular complexity index is 1300. The van der Waals surface area contributed by atoms with E-state index in [-0.39, 0.29) is 18.1 Å². The summed E-state index contributed by atoms with van der Waals surface area (Å²) in [7, 11) is 0. The molecule has 158 valence electrons. The molecule has 1 aliphatic rings. The van der Waals surface area contributed by atoms with E-state index in [4.69, 9.17) is 0 Å². The van der Waals surface area contributed by atoms with Crippen molar-refractivity contribution in [2.45, 2.75) is 38.4 Å². The van der Waals surface area contributed by atoms with Gasteiger partial charge in [0.1, 0.15) is 4.83 Å². The van der Waals surface area contributed by atoms with Crippen molar-refractivity contribution in [1.82, 2.24) is 19.9 Å². The van der Waals surface area contributed by atoms with Gasteiger partial charge in [-0.1, -0.05) is 12.1 Å². The van der Waals surface area contributed by atoms with Gasteiger partial charge in [-0.05, 0) is 48.6 Å². The number of thiophene rings is 1. The smallest absolute Gasteiger partial charge is 0.262 e. The van der Waals surface area contributed by atoms with E-state index in [2.05, 4.69) is 15.3 Å². The highest BCUT2D eigenvalue weighted by atomic mass is 32.1. The molecule has 0 saturated carbocycles. The van der Waals surface area contributed by atoms with Crippen molar-refractivity contribution in [3.05, 3.63) is 92.6 Å². The Morgan fingerprint density at radius 3 is 2.87 bits per heavy atom. The molecule has 0 aliphatic heterocycles. The van der Waals surface area contributed by atoms with Crippen LogP contribution in [0.15, 0.2) is 53.8 Å². The van der Waals surface area contributed by atoms with Crippen LogP contribution in [0.1, 0.15) is 28.0 Å². The number of nitrogens with one attached hydrogen (secondary N) is 1. The van der Waals surface area contributed by atoms with Crippen LogP contribution >= 0.6 is 11.3 Å². The average molecular weight is 439 g/mol. The van der Waals surface area contributed by atoms with Crippen molar-refractivity contribution in [2.24, 2.45) is 0 Å². The number of hydrogen-bond acceptors (Lipinski definition) is 5. The van der Waals surface area contributed by atoms with E-state index < -0.39 is 11.6 Å². The van der Waals surface area contributed by atoms with Gasteiger partial charge in [0.2, 0.25) is 0 Å². The van der Waals surface area contributed by atoms with Crippen LogP contribution in [-0.4, -0.2) is 20.6 Å². The van der Waals surface area contributed by atoms with Crippen LogP contribution in [0.4, 0.5) is 8.78 Å². The predicted octanol–water partition coefficient (Wildman–Crippen LogP) is 3.83. The topological polar surface area (TPSA) is 59.8 Å². The molecule has 0 amide bonds. The van der Waals surface area contributed by atoms with Gasteiger partial charge in [-0.2, -0.15) is 0 Å². The molecule has 4 aromatic rings. The fraction of sp³-hybridized carbons (Fsp3) is 0.261. The Balaban J connectivity index is 1.36. The Morgan fingerprint density at radius 1 is 1.19 bits per heavy atom. The number of hydrogen-bond donors (Lipinski definition) is 1. The third-order valence-electron chi connectivity index (χ3n) is 5.75. The molecule has 5 rings (SSSR count). The summed E-state index contributed by atoms with van der Waals surface area (Å²) in [6.07, 6.45) is 7.36. The summed E-state index contributed by atoms with van der Waals surface area (Å²) >= 11 is 1.55. The lowest BCUT2D eigenvalue weighted by molar-refractivity contribution is 0.445. The lowest BCUT2D eigenvalue weighted by atomic mass is 9.93. The second kappa shape index (κ2) is 8.28. The fourth-order valence-corrected chi connectivity index (χ4v) is 5.37. The van der Waals surface area contributed by atoms with Gasteiger partial charge in [-0.25, -0.2) is 13.8 Å². The molecule has 1 aliphatic carbocycles. The predicted molar refractivity (Wildman–Crippen MR) is 116 cm³/mol. The van der Waals surface area contributed by atoms with Crippen LogP contribution in [0.3, 0.4) is 0 Å². The molecular weight excluding hydrogens is 418 g/mol. The van der Waals surface area contributed by atoms with Crippen molar-refractivity contribution in [3.63, 3.8) is 0 Å². The number of aromatic nitrogens is 3. The van der Waals surface area contributed by atoms with Crippen LogP contribution in [-0.2, 0) is 25.9 Å². The molecular formula is C23H20F2N4OS. The maximum absolute atomic E-state index is 13.9. The molecule has 1 aromatic carbocycles.